The van der Waals surface area contributed by atoms with Crippen molar-refractivity contribution < 1.29 is 55.4 Å². The molecule has 0 radical (unpaired) electrons. The van der Waals surface area contributed by atoms with Crippen molar-refractivity contribution in [1.29, 1.82) is 0 Å². The number of aliphatic hydroxyl groups is 9. The smallest absolute Gasteiger partial charge is 0.409 e. The molecule has 9 N–H and O–H groups in total. The molecule has 12 heteroatoms. The van der Waals surface area contributed by atoms with Gasteiger partial charge in [-0.2, -0.15) is 0 Å². The Morgan fingerprint density at radius 1 is 0.879 bits per heavy atom. The normalized spacial score (nSPS) is 26.3. The molecule has 33 heavy (non-hydrogen) atoms. The molecule has 0 saturated carbocycles. The van der Waals surface area contributed by atoms with Crippen LogP contribution in [-0.4, -0.2) is 88.9 Å². The Morgan fingerprint density at radius 3 is 2.09 bits per heavy atom. The van der Waals surface area contributed by atoms with Gasteiger partial charge in [0.05, 0.1) is 6.61 Å². The fourth-order valence-electron chi connectivity index (χ4n) is 3.41. The number of benzene rings is 2. The molecule has 0 amide bonds. The van der Waals surface area contributed by atoms with Crippen molar-refractivity contribution in [2.45, 2.75) is 48.9 Å². The molecular weight excluding hydrogens is 464 g/mol. The third-order valence-electron chi connectivity index (χ3n) is 5.31. The molecule has 3 rings (SSSR count). The minimum Gasteiger partial charge on any atom is -0.433 e. The molecule has 0 bridgehead atoms. The second-order valence-electron chi connectivity index (χ2n) is 7.77. The minimum absolute atomic E-state index is 0.188. The fourth-order valence-corrected chi connectivity index (χ4v) is 3.60. The first kappa shape index (κ1) is 25.7. The molecular formula is C21H25ClO11. The van der Waals surface area contributed by atoms with Gasteiger partial charge in [-0.1, -0.05) is 35.9 Å². The zero-order valence-electron chi connectivity index (χ0n) is 17.1. The lowest BCUT2D eigenvalue weighted by Gasteiger charge is -2.40. The Bertz CT molecular complexity index is 942. The van der Waals surface area contributed by atoms with Gasteiger partial charge in [-0.15, -0.1) is 0 Å². The molecule has 0 aliphatic carbocycles. The summed E-state index contributed by atoms with van der Waals surface area (Å²) in [7, 11) is 0. The molecule has 1 fully saturated rings. The van der Waals surface area contributed by atoms with Crippen molar-refractivity contribution in [3.63, 3.8) is 0 Å². The maximum absolute atomic E-state index is 10.3. The van der Waals surface area contributed by atoms with Gasteiger partial charge in [0, 0.05) is 5.02 Å². The minimum atomic E-state index is -3.91. The summed E-state index contributed by atoms with van der Waals surface area (Å²) >= 11 is 6.29. The fraction of sp³-hybridized carbons (Fsp3) is 0.429. The van der Waals surface area contributed by atoms with Crippen LogP contribution in [0.3, 0.4) is 0 Å². The number of halogens is 1. The maximum atomic E-state index is 10.3. The topological polar surface area (TPSA) is 201 Å². The Hall–Kier alpha value is -1.87. The van der Waals surface area contributed by atoms with Crippen LogP contribution in [-0.2, 0) is 11.2 Å². The third kappa shape index (κ3) is 5.62. The first-order valence-electron chi connectivity index (χ1n) is 9.82. The molecule has 11 nitrogen and oxygen atoms in total. The molecule has 5 atom stereocenters. The monoisotopic (exact) mass is 488 g/mol. The maximum Gasteiger partial charge on any atom is 0.409 e. The van der Waals surface area contributed by atoms with E-state index in [1.54, 1.807) is 18.2 Å². The Balaban J connectivity index is 1.78. The number of hydrogen-bond acceptors (Lipinski definition) is 11. The van der Waals surface area contributed by atoms with Crippen molar-refractivity contribution in [3.8, 4) is 5.75 Å². The van der Waals surface area contributed by atoms with E-state index in [-0.39, 0.29) is 12.2 Å². The molecule has 182 valence electrons. The summed E-state index contributed by atoms with van der Waals surface area (Å²) in [5, 5.41) is 85.6. The molecule has 2 aromatic rings. The number of rotatable bonds is 7. The number of hydrogen-bond donors (Lipinski definition) is 9. The molecule has 1 aliphatic rings. The van der Waals surface area contributed by atoms with E-state index in [2.05, 4.69) is 4.74 Å². The predicted octanol–water partition coefficient (Wildman–Crippen LogP) is -1.91. The molecule has 1 heterocycles. The van der Waals surface area contributed by atoms with Gasteiger partial charge < -0.3 is 55.4 Å². The Kier molecular flexibility index (Phi) is 7.63. The van der Waals surface area contributed by atoms with Gasteiger partial charge in [-0.3, -0.25) is 0 Å². The summed E-state index contributed by atoms with van der Waals surface area (Å²) < 4.78 is 10.1. The van der Waals surface area contributed by atoms with Crippen molar-refractivity contribution in [2.24, 2.45) is 0 Å². The van der Waals surface area contributed by atoms with Gasteiger partial charge in [0.1, 0.15) is 36.3 Å². The van der Waals surface area contributed by atoms with Crippen molar-refractivity contribution >= 4 is 11.6 Å². The number of aliphatic hydroxyl groups excluding tert-OH is 4. The van der Waals surface area contributed by atoms with Crippen LogP contribution in [0, 0.1) is 0 Å². The van der Waals surface area contributed by atoms with E-state index in [0.717, 1.165) is 0 Å². The number of ether oxygens (including phenoxy) is 2. The summed E-state index contributed by atoms with van der Waals surface area (Å²) in [6, 6.07) is 10.4. The molecule has 0 spiro atoms. The van der Waals surface area contributed by atoms with Crippen LogP contribution in [0.4, 0.5) is 0 Å². The van der Waals surface area contributed by atoms with E-state index in [4.69, 9.17) is 31.7 Å². The second-order valence-corrected chi connectivity index (χ2v) is 8.17. The second kappa shape index (κ2) is 9.78. The van der Waals surface area contributed by atoms with Crippen LogP contribution in [0.25, 0.3) is 0 Å². The zero-order chi connectivity index (χ0) is 24.6. The highest BCUT2D eigenvalue weighted by molar-refractivity contribution is 6.31. The average Bonchev–Trinajstić information content (AvgIpc) is 2.74. The van der Waals surface area contributed by atoms with Crippen molar-refractivity contribution in [2.75, 3.05) is 6.61 Å². The highest BCUT2D eigenvalue weighted by Crippen LogP contribution is 2.34. The molecule has 5 unspecified atom stereocenters. The predicted molar refractivity (Wildman–Crippen MR) is 111 cm³/mol. The van der Waals surface area contributed by atoms with E-state index < -0.39 is 49.1 Å². The van der Waals surface area contributed by atoms with Crippen molar-refractivity contribution in [1.82, 2.24) is 0 Å². The largest absolute Gasteiger partial charge is 0.433 e. The van der Waals surface area contributed by atoms with Crippen LogP contribution >= 0.6 is 11.6 Å². The van der Waals surface area contributed by atoms with Crippen LogP contribution in [0.1, 0.15) is 22.8 Å². The lowest BCUT2D eigenvalue weighted by atomic mass is 9.90. The van der Waals surface area contributed by atoms with Gasteiger partial charge in [-0.05, 0) is 41.3 Å². The molecule has 0 aromatic heterocycles. The van der Waals surface area contributed by atoms with Gasteiger partial charge in [0.25, 0.3) is 0 Å². The Morgan fingerprint density at radius 2 is 1.52 bits per heavy atom. The highest BCUT2D eigenvalue weighted by Gasteiger charge is 2.50. The summed E-state index contributed by atoms with van der Waals surface area (Å²) in [6.07, 6.45) is -6.24. The van der Waals surface area contributed by atoms with Gasteiger partial charge in [0.2, 0.25) is 0 Å². The van der Waals surface area contributed by atoms with Gasteiger partial charge in [0.15, 0.2) is 0 Å². The Labute approximate surface area is 192 Å². The first-order chi connectivity index (χ1) is 15.3. The lowest BCUT2D eigenvalue weighted by Crippen LogP contribution is -2.58. The van der Waals surface area contributed by atoms with Gasteiger partial charge >= 0.3 is 11.9 Å². The van der Waals surface area contributed by atoms with Gasteiger partial charge in [-0.25, -0.2) is 0 Å². The molecule has 1 saturated heterocycles. The van der Waals surface area contributed by atoms with Crippen LogP contribution in [0.15, 0.2) is 42.5 Å². The summed E-state index contributed by atoms with van der Waals surface area (Å²) in [5.74, 6) is -7.77. The SMILES string of the molecule is OCC1OC(c2ccc(Cl)c(Cc3ccc(OC(O)(O)C(O)(O)O)cc3)c2)C(O)C(O)C1O. The lowest BCUT2D eigenvalue weighted by molar-refractivity contribution is -0.502. The van der Waals surface area contributed by atoms with E-state index in [1.807, 2.05) is 0 Å². The van der Waals surface area contributed by atoms with Crippen molar-refractivity contribution in [3.05, 3.63) is 64.2 Å². The zero-order valence-corrected chi connectivity index (χ0v) is 17.8. The molecule has 1 aliphatic heterocycles. The summed E-state index contributed by atoms with van der Waals surface area (Å²) in [5.41, 5.74) is 1.75. The molecule has 2 aromatic carbocycles. The van der Waals surface area contributed by atoms with Crippen LogP contribution < -0.4 is 4.74 Å². The average molecular weight is 489 g/mol. The van der Waals surface area contributed by atoms with E-state index in [1.165, 1.54) is 24.3 Å². The van der Waals surface area contributed by atoms with Crippen LogP contribution in [0.5, 0.6) is 5.75 Å². The van der Waals surface area contributed by atoms with E-state index >= 15 is 0 Å². The third-order valence-corrected chi connectivity index (χ3v) is 5.67. The quantitative estimate of drug-likeness (QED) is 0.197. The van der Waals surface area contributed by atoms with E-state index in [9.17, 15) is 30.6 Å². The standard InChI is InChI=1S/C21H25ClO11/c22-14-6-3-11(19-18(26)17(25)16(24)15(9-23)32-19)8-12(14)7-10-1-4-13(5-2-10)33-21(30,31)20(27,28)29/h1-6,8,15-19,23-31H,7,9H2. The van der Waals surface area contributed by atoms with Crippen LogP contribution in [0.2, 0.25) is 5.02 Å². The van der Waals surface area contributed by atoms with E-state index in [0.29, 0.717) is 21.7 Å². The summed E-state index contributed by atoms with van der Waals surface area (Å²) in [4.78, 5) is 0. The first-order valence-corrected chi connectivity index (χ1v) is 10.2. The highest BCUT2D eigenvalue weighted by atomic mass is 35.5. The summed E-state index contributed by atoms with van der Waals surface area (Å²) in [6.45, 7) is -0.552.